The summed E-state index contributed by atoms with van der Waals surface area (Å²) >= 11 is 0. The molecule has 1 aromatic heterocycles. The van der Waals surface area contributed by atoms with Gasteiger partial charge in [-0.3, -0.25) is 9.69 Å². The van der Waals surface area contributed by atoms with Crippen molar-refractivity contribution >= 4 is 16.6 Å². The van der Waals surface area contributed by atoms with Crippen molar-refractivity contribution in [3.05, 3.63) is 34.9 Å². The third-order valence-corrected chi connectivity index (χ3v) is 5.18. The number of fused-ring (bicyclic) bond motifs is 1. The maximum Gasteiger partial charge on any atom is 0.260 e. The summed E-state index contributed by atoms with van der Waals surface area (Å²) < 4.78 is 7.00. The molecule has 6 nitrogen and oxygen atoms in total. The van der Waals surface area contributed by atoms with Crippen molar-refractivity contribution < 1.29 is 4.74 Å². The van der Waals surface area contributed by atoms with Crippen LogP contribution in [0, 0.1) is 5.92 Å². The Labute approximate surface area is 141 Å². The van der Waals surface area contributed by atoms with Crippen LogP contribution in [0.25, 0.3) is 10.9 Å². The van der Waals surface area contributed by atoms with Crippen LogP contribution in [0.3, 0.4) is 0 Å². The third-order valence-electron chi connectivity index (χ3n) is 5.18. The molecule has 1 unspecified atom stereocenters. The van der Waals surface area contributed by atoms with Gasteiger partial charge < -0.3 is 14.2 Å². The molecule has 0 radical (unpaired) electrons. The van der Waals surface area contributed by atoms with Gasteiger partial charge in [0, 0.05) is 52.1 Å². The summed E-state index contributed by atoms with van der Waals surface area (Å²) in [6.45, 7) is 7.20. The minimum Gasteiger partial charge on any atom is -0.381 e. The van der Waals surface area contributed by atoms with Gasteiger partial charge in [-0.05, 0) is 30.5 Å². The molecule has 2 aliphatic heterocycles. The summed E-state index contributed by atoms with van der Waals surface area (Å²) in [6, 6.07) is 5.99. The van der Waals surface area contributed by atoms with Gasteiger partial charge in [0.25, 0.3) is 5.56 Å². The van der Waals surface area contributed by atoms with Gasteiger partial charge in [-0.25, -0.2) is 4.98 Å². The zero-order valence-corrected chi connectivity index (χ0v) is 14.1. The van der Waals surface area contributed by atoms with E-state index in [1.165, 1.54) is 11.0 Å². The van der Waals surface area contributed by atoms with Crippen LogP contribution < -0.4 is 10.5 Å². The number of hydrogen-bond donors (Lipinski definition) is 0. The molecule has 4 rings (SSSR count). The molecule has 2 fully saturated rings. The van der Waals surface area contributed by atoms with Gasteiger partial charge >= 0.3 is 0 Å². The van der Waals surface area contributed by atoms with Crippen LogP contribution in [-0.2, 0) is 11.8 Å². The quantitative estimate of drug-likeness (QED) is 0.844. The van der Waals surface area contributed by atoms with E-state index in [0.717, 1.165) is 57.1 Å². The van der Waals surface area contributed by atoms with E-state index in [9.17, 15) is 4.79 Å². The molecule has 0 amide bonds. The molecule has 24 heavy (non-hydrogen) atoms. The maximum atomic E-state index is 12.1. The van der Waals surface area contributed by atoms with E-state index in [4.69, 9.17) is 4.74 Å². The molecule has 128 valence electrons. The number of hydrogen-bond acceptors (Lipinski definition) is 5. The number of piperazine rings is 1. The van der Waals surface area contributed by atoms with E-state index >= 15 is 0 Å². The van der Waals surface area contributed by atoms with Crippen molar-refractivity contribution in [1.29, 1.82) is 0 Å². The Morgan fingerprint density at radius 3 is 2.83 bits per heavy atom. The second kappa shape index (κ2) is 6.53. The van der Waals surface area contributed by atoms with Crippen LogP contribution in [0.2, 0.25) is 0 Å². The molecule has 0 saturated carbocycles. The second-order valence-corrected chi connectivity index (χ2v) is 6.88. The fourth-order valence-electron chi connectivity index (χ4n) is 3.68. The maximum absolute atomic E-state index is 12.1. The fourth-order valence-corrected chi connectivity index (χ4v) is 3.68. The summed E-state index contributed by atoms with van der Waals surface area (Å²) in [4.78, 5) is 21.4. The van der Waals surface area contributed by atoms with E-state index in [2.05, 4.69) is 14.8 Å². The van der Waals surface area contributed by atoms with Gasteiger partial charge in [-0.1, -0.05) is 0 Å². The SMILES string of the molecule is Cn1cnc2cc(N3CCN(CC4CCOC4)CC3)ccc2c1=O. The smallest absolute Gasteiger partial charge is 0.260 e. The van der Waals surface area contributed by atoms with E-state index in [0.29, 0.717) is 11.3 Å². The standard InChI is InChI=1S/C18H24N4O2/c1-20-13-19-17-10-15(2-3-16(17)18(20)23)22-7-5-21(6-8-22)11-14-4-9-24-12-14/h2-3,10,13-14H,4-9,11-12H2,1H3. The molecule has 0 bridgehead atoms. The predicted molar refractivity (Wildman–Crippen MR) is 94.6 cm³/mol. The van der Waals surface area contributed by atoms with E-state index < -0.39 is 0 Å². The molecule has 2 aromatic rings. The van der Waals surface area contributed by atoms with Gasteiger partial charge in [0.05, 0.1) is 23.8 Å². The first-order valence-electron chi connectivity index (χ1n) is 8.71. The topological polar surface area (TPSA) is 50.6 Å². The number of benzene rings is 1. The Balaban J connectivity index is 1.44. The van der Waals surface area contributed by atoms with Crippen molar-refractivity contribution in [2.45, 2.75) is 6.42 Å². The largest absolute Gasteiger partial charge is 0.381 e. The normalized spacial score (nSPS) is 22.4. The van der Waals surface area contributed by atoms with E-state index in [1.807, 2.05) is 18.2 Å². The highest BCUT2D eigenvalue weighted by molar-refractivity contribution is 5.81. The number of nitrogens with zero attached hydrogens (tertiary/aromatic N) is 4. The number of rotatable bonds is 3. The summed E-state index contributed by atoms with van der Waals surface area (Å²) in [5, 5.41) is 0.684. The minimum absolute atomic E-state index is 0.00940. The summed E-state index contributed by atoms with van der Waals surface area (Å²) in [5.74, 6) is 0.706. The first kappa shape index (κ1) is 15.6. The highest BCUT2D eigenvalue weighted by Crippen LogP contribution is 2.21. The molecule has 0 aliphatic carbocycles. The van der Waals surface area contributed by atoms with Gasteiger partial charge in [0.2, 0.25) is 0 Å². The Hall–Kier alpha value is -1.92. The fraction of sp³-hybridized carbons (Fsp3) is 0.556. The lowest BCUT2D eigenvalue weighted by atomic mass is 10.1. The predicted octanol–water partition coefficient (Wildman–Crippen LogP) is 1.09. The molecule has 2 aliphatic rings. The van der Waals surface area contributed by atoms with Gasteiger partial charge in [-0.15, -0.1) is 0 Å². The molecular weight excluding hydrogens is 304 g/mol. The third kappa shape index (κ3) is 3.03. The Kier molecular flexibility index (Phi) is 4.24. The van der Waals surface area contributed by atoms with E-state index in [1.54, 1.807) is 13.4 Å². The molecule has 1 atom stereocenters. The zero-order valence-electron chi connectivity index (χ0n) is 14.1. The number of anilines is 1. The van der Waals surface area contributed by atoms with Crippen LogP contribution in [0.15, 0.2) is 29.3 Å². The van der Waals surface area contributed by atoms with Crippen molar-refractivity contribution in [2.24, 2.45) is 13.0 Å². The van der Waals surface area contributed by atoms with Crippen molar-refractivity contribution in [3.63, 3.8) is 0 Å². The van der Waals surface area contributed by atoms with E-state index in [-0.39, 0.29) is 5.56 Å². The average molecular weight is 328 g/mol. The van der Waals surface area contributed by atoms with Gasteiger partial charge in [-0.2, -0.15) is 0 Å². The zero-order chi connectivity index (χ0) is 16.5. The van der Waals surface area contributed by atoms with Crippen LogP contribution in [0.4, 0.5) is 5.69 Å². The van der Waals surface area contributed by atoms with Crippen molar-refractivity contribution in [3.8, 4) is 0 Å². The molecule has 3 heterocycles. The van der Waals surface area contributed by atoms with Gasteiger partial charge in [0.15, 0.2) is 0 Å². The molecule has 2 saturated heterocycles. The van der Waals surface area contributed by atoms with Crippen molar-refractivity contribution in [2.75, 3.05) is 50.8 Å². The lowest BCUT2D eigenvalue weighted by Crippen LogP contribution is -2.47. The molecule has 6 heteroatoms. The minimum atomic E-state index is 0.00940. The molecule has 0 N–H and O–H groups in total. The Morgan fingerprint density at radius 2 is 2.08 bits per heavy atom. The number of aryl methyl sites for hydroxylation is 1. The monoisotopic (exact) mass is 328 g/mol. The highest BCUT2D eigenvalue weighted by atomic mass is 16.5. The lowest BCUT2D eigenvalue weighted by Gasteiger charge is -2.37. The lowest BCUT2D eigenvalue weighted by molar-refractivity contribution is 0.164. The van der Waals surface area contributed by atoms with Crippen LogP contribution >= 0.6 is 0 Å². The number of ether oxygens (including phenoxy) is 1. The van der Waals surface area contributed by atoms with Gasteiger partial charge in [0.1, 0.15) is 0 Å². The summed E-state index contributed by atoms with van der Waals surface area (Å²) in [7, 11) is 1.73. The summed E-state index contributed by atoms with van der Waals surface area (Å²) in [5.41, 5.74) is 1.95. The molecular formula is C18H24N4O2. The van der Waals surface area contributed by atoms with Crippen LogP contribution in [-0.4, -0.2) is 60.4 Å². The van der Waals surface area contributed by atoms with Crippen LogP contribution in [0.1, 0.15) is 6.42 Å². The summed E-state index contributed by atoms with van der Waals surface area (Å²) in [6.07, 6.45) is 2.79. The highest BCUT2D eigenvalue weighted by Gasteiger charge is 2.23. The number of aromatic nitrogens is 2. The Bertz CT molecular complexity index is 774. The first-order valence-corrected chi connectivity index (χ1v) is 8.71. The van der Waals surface area contributed by atoms with Crippen molar-refractivity contribution in [1.82, 2.24) is 14.5 Å². The first-order chi connectivity index (χ1) is 11.7. The molecule has 0 spiro atoms. The average Bonchev–Trinajstić information content (AvgIpc) is 3.12. The Morgan fingerprint density at radius 1 is 1.25 bits per heavy atom. The second-order valence-electron chi connectivity index (χ2n) is 6.88. The van der Waals surface area contributed by atoms with Crippen LogP contribution in [0.5, 0.6) is 0 Å². The molecule has 1 aromatic carbocycles.